The van der Waals surface area contributed by atoms with E-state index in [1.807, 2.05) is 18.2 Å². The molecule has 0 fully saturated rings. The highest BCUT2D eigenvalue weighted by atomic mass is 35.5. The van der Waals surface area contributed by atoms with Gasteiger partial charge in [0, 0.05) is 11.4 Å². The van der Waals surface area contributed by atoms with Crippen molar-refractivity contribution in [1.29, 1.82) is 0 Å². The number of sulfonamides is 1. The van der Waals surface area contributed by atoms with Crippen LogP contribution in [0.15, 0.2) is 72.8 Å². The lowest BCUT2D eigenvalue weighted by Crippen LogP contribution is -2.30. The summed E-state index contributed by atoms with van der Waals surface area (Å²) in [5.41, 5.74) is 0.785. The van der Waals surface area contributed by atoms with E-state index in [4.69, 9.17) is 16.3 Å². The molecule has 0 spiro atoms. The molecule has 9 heteroatoms. The number of anilines is 1. The van der Waals surface area contributed by atoms with E-state index in [0.717, 1.165) is 6.26 Å². The summed E-state index contributed by atoms with van der Waals surface area (Å²) in [6, 6.07) is 18.2. The van der Waals surface area contributed by atoms with Gasteiger partial charge in [0.2, 0.25) is 15.9 Å². The van der Waals surface area contributed by atoms with Crippen LogP contribution < -0.4 is 14.8 Å². The first-order valence-electron chi connectivity index (χ1n) is 9.25. The largest absolute Gasteiger partial charge is 0.455 e. The van der Waals surface area contributed by atoms with Gasteiger partial charge in [-0.2, -0.15) is 0 Å². The maximum Gasteiger partial charge on any atom is 0.226 e. The zero-order chi connectivity index (χ0) is 22.4. The van der Waals surface area contributed by atoms with Crippen molar-refractivity contribution in [3.05, 3.63) is 89.2 Å². The molecule has 3 rings (SSSR count). The van der Waals surface area contributed by atoms with Gasteiger partial charge in [0.25, 0.3) is 0 Å². The smallest absolute Gasteiger partial charge is 0.226 e. The van der Waals surface area contributed by atoms with Crippen molar-refractivity contribution in [1.82, 2.24) is 4.72 Å². The average Bonchev–Trinajstić information content (AvgIpc) is 2.70. The fourth-order valence-electron chi connectivity index (χ4n) is 2.87. The van der Waals surface area contributed by atoms with Gasteiger partial charge in [0.1, 0.15) is 11.6 Å². The Morgan fingerprint density at radius 1 is 1.06 bits per heavy atom. The van der Waals surface area contributed by atoms with Gasteiger partial charge in [-0.3, -0.25) is 4.79 Å². The van der Waals surface area contributed by atoms with Gasteiger partial charge in [-0.1, -0.05) is 41.9 Å². The van der Waals surface area contributed by atoms with Gasteiger partial charge in [-0.05, 0) is 48.0 Å². The second-order valence-corrected chi connectivity index (χ2v) is 9.02. The predicted octanol–water partition coefficient (Wildman–Crippen LogP) is 4.89. The summed E-state index contributed by atoms with van der Waals surface area (Å²) >= 11 is 6.07. The summed E-state index contributed by atoms with van der Waals surface area (Å²) in [5, 5.41) is 3.10. The van der Waals surface area contributed by atoms with E-state index in [2.05, 4.69) is 10.0 Å². The molecule has 0 saturated carbocycles. The van der Waals surface area contributed by atoms with E-state index in [1.165, 1.54) is 30.3 Å². The van der Waals surface area contributed by atoms with Gasteiger partial charge in [0.15, 0.2) is 5.75 Å². The van der Waals surface area contributed by atoms with Crippen LogP contribution in [0.3, 0.4) is 0 Å². The van der Waals surface area contributed by atoms with E-state index in [0.29, 0.717) is 27.8 Å². The Balaban J connectivity index is 1.80. The van der Waals surface area contributed by atoms with Crippen LogP contribution in [0.4, 0.5) is 10.1 Å². The topological polar surface area (TPSA) is 84.5 Å². The number of hydrogen-bond acceptors (Lipinski definition) is 4. The molecule has 3 aromatic rings. The van der Waals surface area contributed by atoms with Crippen LogP contribution in [0.25, 0.3) is 0 Å². The first-order valence-corrected chi connectivity index (χ1v) is 11.5. The molecule has 162 valence electrons. The molecule has 0 bridgehead atoms. The van der Waals surface area contributed by atoms with Gasteiger partial charge in [-0.25, -0.2) is 17.5 Å². The van der Waals surface area contributed by atoms with Crippen LogP contribution in [0.1, 0.15) is 18.0 Å². The molecule has 3 aromatic carbocycles. The van der Waals surface area contributed by atoms with Crippen molar-refractivity contribution in [2.24, 2.45) is 0 Å². The molecule has 0 aliphatic carbocycles. The molecule has 0 aliphatic heterocycles. The van der Waals surface area contributed by atoms with Crippen LogP contribution in [-0.2, 0) is 14.8 Å². The molecule has 6 nitrogen and oxygen atoms in total. The summed E-state index contributed by atoms with van der Waals surface area (Å²) in [6.07, 6.45) is 0.764. The standard InChI is InChI=1S/C22H20ClFN2O4S/c1-31(28,29)26-19(15-7-10-17(24)11-8-15)14-22(27)25-20-13-16(23)9-12-21(20)30-18-5-3-2-4-6-18/h2-13,19,26H,14H2,1H3,(H,25,27)/t19-/m1/s1. The minimum absolute atomic E-state index is 0.226. The van der Waals surface area contributed by atoms with Crippen molar-refractivity contribution < 1.29 is 22.3 Å². The summed E-state index contributed by atoms with van der Waals surface area (Å²) in [7, 11) is -3.63. The third-order valence-corrected chi connectivity index (χ3v) is 5.15. The normalized spacial score (nSPS) is 12.2. The highest BCUT2D eigenvalue weighted by Gasteiger charge is 2.21. The van der Waals surface area contributed by atoms with Gasteiger partial charge in [0.05, 0.1) is 18.0 Å². The highest BCUT2D eigenvalue weighted by Crippen LogP contribution is 2.32. The maximum atomic E-state index is 13.3. The Kier molecular flexibility index (Phi) is 7.27. The third kappa shape index (κ3) is 7.06. The fraction of sp³-hybridized carbons (Fsp3) is 0.136. The van der Waals surface area contributed by atoms with E-state index in [1.54, 1.807) is 24.3 Å². The Morgan fingerprint density at radius 2 is 1.74 bits per heavy atom. The quantitative estimate of drug-likeness (QED) is 0.499. The Morgan fingerprint density at radius 3 is 2.39 bits per heavy atom. The van der Waals surface area contributed by atoms with Gasteiger partial charge >= 0.3 is 0 Å². The lowest BCUT2D eigenvalue weighted by molar-refractivity contribution is -0.116. The molecule has 0 aliphatic rings. The molecule has 0 aromatic heterocycles. The van der Waals surface area contributed by atoms with Gasteiger partial charge < -0.3 is 10.1 Å². The molecule has 1 amide bonds. The van der Waals surface area contributed by atoms with Crippen molar-refractivity contribution in [2.75, 3.05) is 11.6 Å². The van der Waals surface area contributed by atoms with Crippen LogP contribution in [0, 0.1) is 5.82 Å². The minimum Gasteiger partial charge on any atom is -0.455 e. The second-order valence-electron chi connectivity index (χ2n) is 6.80. The number of para-hydroxylation sites is 1. The number of carbonyl (C=O) groups is 1. The molecule has 31 heavy (non-hydrogen) atoms. The number of rotatable bonds is 8. The van der Waals surface area contributed by atoms with E-state index >= 15 is 0 Å². The minimum atomic E-state index is -3.63. The Bertz CT molecular complexity index is 1160. The number of benzene rings is 3. The average molecular weight is 463 g/mol. The number of ether oxygens (including phenoxy) is 1. The number of carbonyl (C=O) groups excluding carboxylic acids is 1. The third-order valence-electron chi connectivity index (χ3n) is 4.20. The molecular weight excluding hydrogens is 443 g/mol. The van der Waals surface area contributed by atoms with Crippen molar-refractivity contribution in [2.45, 2.75) is 12.5 Å². The van der Waals surface area contributed by atoms with Crippen molar-refractivity contribution >= 4 is 33.2 Å². The zero-order valence-corrected chi connectivity index (χ0v) is 18.1. The number of halogens is 2. The Labute approximate surface area is 185 Å². The monoisotopic (exact) mass is 462 g/mol. The lowest BCUT2D eigenvalue weighted by atomic mass is 10.0. The van der Waals surface area contributed by atoms with Crippen LogP contribution in [-0.4, -0.2) is 20.6 Å². The van der Waals surface area contributed by atoms with E-state index in [9.17, 15) is 17.6 Å². The molecular formula is C22H20ClFN2O4S. The van der Waals surface area contributed by atoms with Crippen LogP contribution in [0.5, 0.6) is 11.5 Å². The second kappa shape index (κ2) is 9.91. The van der Waals surface area contributed by atoms with Crippen LogP contribution >= 0.6 is 11.6 Å². The Hall–Kier alpha value is -2.94. The molecule has 0 radical (unpaired) electrons. The summed E-state index contributed by atoms with van der Waals surface area (Å²) in [4.78, 5) is 12.7. The van der Waals surface area contributed by atoms with Crippen molar-refractivity contribution in [3.63, 3.8) is 0 Å². The molecule has 0 saturated heterocycles. The summed E-state index contributed by atoms with van der Waals surface area (Å²) in [5.74, 6) is 0.000183. The van der Waals surface area contributed by atoms with E-state index in [-0.39, 0.29) is 6.42 Å². The molecule has 1 atom stereocenters. The molecule has 0 heterocycles. The zero-order valence-electron chi connectivity index (χ0n) is 16.5. The molecule has 0 unspecified atom stereocenters. The maximum absolute atomic E-state index is 13.3. The van der Waals surface area contributed by atoms with Gasteiger partial charge in [-0.15, -0.1) is 0 Å². The lowest BCUT2D eigenvalue weighted by Gasteiger charge is -2.19. The van der Waals surface area contributed by atoms with Crippen molar-refractivity contribution in [3.8, 4) is 11.5 Å². The summed E-state index contributed by atoms with van der Waals surface area (Å²) < 4.78 is 45.0. The number of hydrogen-bond donors (Lipinski definition) is 2. The fourth-order valence-corrected chi connectivity index (χ4v) is 3.78. The van der Waals surface area contributed by atoms with Crippen LogP contribution in [0.2, 0.25) is 5.02 Å². The van der Waals surface area contributed by atoms with E-state index < -0.39 is 27.8 Å². The SMILES string of the molecule is CS(=O)(=O)N[C@H](CC(=O)Nc1cc(Cl)ccc1Oc1ccccc1)c1ccc(F)cc1. The first-order chi connectivity index (χ1) is 14.7. The number of nitrogens with one attached hydrogen (secondary N) is 2. The molecule has 2 N–H and O–H groups in total. The highest BCUT2D eigenvalue weighted by molar-refractivity contribution is 7.88. The predicted molar refractivity (Wildman–Crippen MR) is 118 cm³/mol. The first kappa shape index (κ1) is 22.7. The summed E-state index contributed by atoms with van der Waals surface area (Å²) in [6.45, 7) is 0. The number of amides is 1.